The molecule has 3 fully saturated rings. The molecule has 2 spiro atoms. The maximum Gasteiger partial charge on any atom is 0.149 e. The van der Waals surface area contributed by atoms with Crippen LogP contribution in [0.5, 0.6) is 0 Å². The fourth-order valence-corrected chi connectivity index (χ4v) is 5.26. The predicted octanol–water partition coefficient (Wildman–Crippen LogP) is 4.18. The van der Waals surface area contributed by atoms with Crippen LogP contribution in [0.4, 0.5) is 0 Å². The fraction of sp³-hybridized carbons (Fsp3) is 0.944. The van der Waals surface area contributed by atoms with E-state index in [1.54, 1.807) is 0 Å². The first-order valence-electron chi connectivity index (χ1n) is 8.63. The molecule has 0 unspecified atom stereocenters. The minimum absolute atomic E-state index is 0.122. The zero-order valence-corrected chi connectivity index (χ0v) is 13.8. The van der Waals surface area contributed by atoms with Crippen LogP contribution in [-0.4, -0.2) is 28.8 Å². The first-order valence-corrected chi connectivity index (χ1v) is 8.63. The van der Waals surface area contributed by atoms with Gasteiger partial charge in [-0.1, -0.05) is 26.2 Å². The summed E-state index contributed by atoms with van der Waals surface area (Å²) in [6, 6.07) is 0.196. The van der Waals surface area contributed by atoms with E-state index in [9.17, 15) is 4.79 Å². The van der Waals surface area contributed by atoms with Crippen molar-refractivity contribution in [1.82, 2.24) is 4.90 Å². The van der Waals surface area contributed by atoms with Gasteiger partial charge >= 0.3 is 0 Å². The normalized spacial score (nSPS) is 36.7. The summed E-state index contributed by atoms with van der Waals surface area (Å²) in [5.74, 6) is 0.467. The largest absolute Gasteiger partial charge is 0.298 e. The van der Waals surface area contributed by atoms with Crippen molar-refractivity contribution < 1.29 is 4.79 Å². The number of carbonyl (C=O) groups excluding carboxylic acids is 1. The smallest absolute Gasteiger partial charge is 0.149 e. The van der Waals surface area contributed by atoms with Gasteiger partial charge in [0.25, 0.3) is 0 Å². The van der Waals surface area contributed by atoms with Crippen LogP contribution < -0.4 is 0 Å². The van der Waals surface area contributed by atoms with E-state index in [1.165, 1.54) is 45.1 Å². The number of carbonyl (C=O) groups is 1. The molecule has 1 saturated heterocycles. The molecule has 2 heteroatoms. The minimum Gasteiger partial charge on any atom is -0.298 e. The van der Waals surface area contributed by atoms with Crippen molar-refractivity contribution in [2.45, 2.75) is 90.6 Å². The average molecular weight is 277 g/mol. The average Bonchev–Trinajstić information content (AvgIpc) is 2.80. The Morgan fingerprint density at radius 3 is 2.35 bits per heavy atom. The van der Waals surface area contributed by atoms with Crippen molar-refractivity contribution in [2.75, 3.05) is 6.54 Å². The molecule has 0 N–H and O–H groups in total. The monoisotopic (exact) mass is 277 g/mol. The molecule has 0 aromatic carbocycles. The van der Waals surface area contributed by atoms with Crippen molar-refractivity contribution in [1.29, 1.82) is 0 Å². The van der Waals surface area contributed by atoms with Crippen LogP contribution in [0, 0.1) is 10.8 Å². The summed E-state index contributed by atoms with van der Waals surface area (Å²) in [4.78, 5) is 14.9. The Hall–Kier alpha value is -0.370. The van der Waals surface area contributed by atoms with Gasteiger partial charge in [0.05, 0.1) is 6.04 Å². The highest BCUT2D eigenvalue weighted by atomic mass is 16.1. The number of ketones is 1. The topological polar surface area (TPSA) is 20.3 Å². The van der Waals surface area contributed by atoms with Crippen molar-refractivity contribution in [3.8, 4) is 0 Å². The highest BCUT2D eigenvalue weighted by Crippen LogP contribution is 2.75. The van der Waals surface area contributed by atoms with Crippen molar-refractivity contribution in [2.24, 2.45) is 10.8 Å². The van der Waals surface area contributed by atoms with Crippen LogP contribution in [0.3, 0.4) is 0 Å². The summed E-state index contributed by atoms with van der Waals surface area (Å²) >= 11 is 0. The molecule has 0 aromatic heterocycles. The summed E-state index contributed by atoms with van der Waals surface area (Å²) in [6.07, 6.45) is 10.4. The van der Waals surface area contributed by atoms with Crippen LogP contribution in [0.15, 0.2) is 0 Å². The third kappa shape index (κ3) is 2.06. The van der Waals surface area contributed by atoms with E-state index in [1.807, 2.05) is 6.92 Å². The number of likely N-dealkylation sites (tertiary alicyclic amines) is 1. The highest BCUT2D eigenvalue weighted by molar-refractivity contribution is 5.84. The van der Waals surface area contributed by atoms with Crippen molar-refractivity contribution >= 4 is 5.78 Å². The van der Waals surface area contributed by atoms with Crippen LogP contribution in [-0.2, 0) is 4.79 Å². The summed E-state index contributed by atoms with van der Waals surface area (Å²) in [5.41, 5.74) is 1.24. The third-order valence-corrected chi connectivity index (χ3v) is 6.50. The Bertz CT molecular complexity index is 402. The zero-order valence-electron chi connectivity index (χ0n) is 13.8. The molecule has 1 heterocycles. The number of fused-ring (bicyclic) bond motifs is 1. The second kappa shape index (κ2) is 4.56. The number of Topliss-reactive ketones (excluding diaryl/α,β-unsaturated/α-hetero) is 1. The molecule has 3 rings (SSSR count). The summed E-state index contributed by atoms with van der Waals surface area (Å²) in [5, 5.41) is 0. The Morgan fingerprint density at radius 2 is 1.80 bits per heavy atom. The second-order valence-corrected chi connectivity index (χ2v) is 8.64. The van der Waals surface area contributed by atoms with Gasteiger partial charge in [0, 0.05) is 18.5 Å². The van der Waals surface area contributed by atoms with Gasteiger partial charge in [-0.05, 0) is 57.3 Å². The van der Waals surface area contributed by atoms with E-state index in [4.69, 9.17) is 0 Å². The first-order chi connectivity index (χ1) is 9.34. The lowest BCUT2D eigenvalue weighted by atomic mass is 9.78. The number of hydrogen-bond donors (Lipinski definition) is 0. The lowest BCUT2D eigenvalue weighted by molar-refractivity contribution is -0.124. The van der Waals surface area contributed by atoms with Gasteiger partial charge in [-0.15, -0.1) is 0 Å². The van der Waals surface area contributed by atoms with E-state index in [-0.39, 0.29) is 11.6 Å². The molecule has 0 bridgehead atoms. The van der Waals surface area contributed by atoms with Gasteiger partial charge in [-0.2, -0.15) is 0 Å². The van der Waals surface area contributed by atoms with Gasteiger partial charge in [0.15, 0.2) is 0 Å². The molecule has 1 aliphatic heterocycles. The number of hydrogen-bond acceptors (Lipinski definition) is 2. The molecule has 114 valence electrons. The molecule has 2 nitrogen and oxygen atoms in total. The molecule has 20 heavy (non-hydrogen) atoms. The lowest BCUT2D eigenvalue weighted by Crippen LogP contribution is -2.47. The molecule has 2 saturated carbocycles. The Labute approximate surface area is 124 Å². The standard InChI is InChI=1S/C18H31NO/c1-5-15(20)14-11-18(13-19(14)16(2,3)4)12-17(18)9-7-6-8-10-17/h14H,5-13H2,1-4H3/t14-,18-/m0/s1. The van der Waals surface area contributed by atoms with E-state index in [0.717, 1.165) is 6.42 Å². The quantitative estimate of drug-likeness (QED) is 0.754. The fourth-order valence-electron chi connectivity index (χ4n) is 5.26. The number of nitrogens with zero attached hydrogens (tertiary/aromatic N) is 1. The van der Waals surface area contributed by atoms with E-state index >= 15 is 0 Å². The van der Waals surface area contributed by atoms with E-state index < -0.39 is 0 Å². The zero-order chi connectivity index (χ0) is 14.6. The number of rotatable bonds is 2. The van der Waals surface area contributed by atoms with Crippen LogP contribution in [0.1, 0.15) is 79.1 Å². The van der Waals surface area contributed by atoms with Gasteiger partial charge < -0.3 is 0 Å². The SMILES string of the molecule is CCC(=O)[C@@H]1C[C@@]2(CN1C(C)(C)C)CC21CCCCC1. The van der Waals surface area contributed by atoms with Crippen molar-refractivity contribution in [3.05, 3.63) is 0 Å². The third-order valence-electron chi connectivity index (χ3n) is 6.50. The maximum absolute atomic E-state index is 12.4. The van der Waals surface area contributed by atoms with Crippen LogP contribution in [0.2, 0.25) is 0 Å². The Balaban J connectivity index is 1.82. The minimum atomic E-state index is 0.122. The molecule has 2 aliphatic carbocycles. The van der Waals surface area contributed by atoms with E-state index in [2.05, 4.69) is 25.7 Å². The van der Waals surface area contributed by atoms with Gasteiger partial charge in [0.1, 0.15) is 5.78 Å². The molecular weight excluding hydrogens is 246 g/mol. The summed E-state index contributed by atoms with van der Waals surface area (Å²) < 4.78 is 0. The second-order valence-electron chi connectivity index (χ2n) is 8.64. The maximum atomic E-state index is 12.4. The Morgan fingerprint density at radius 1 is 1.15 bits per heavy atom. The van der Waals surface area contributed by atoms with Crippen molar-refractivity contribution in [3.63, 3.8) is 0 Å². The lowest BCUT2D eigenvalue weighted by Gasteiger charge is -2.36. The first kappa shape index (κ1) is 14.6. The molecule has 0 radical (unpaired) electrons. The molecule has 0 aromatic rings. The van der Waals surface area contributed by atoms with E-state index in [0.29, 0.717) is 23.0 Å². The van der Waals surface area contributed by atoms with Gasteiger partial charge in [0.2, 0.25) is 0 Å². The summed E-state index contributed by atoms with van der Waals surface area (Å²) in [7, 11) is 0. The van der Waals surface area contributed by atoms with Crippen LogP contribution in [0.25, 0.3) is 0 Å². The molecular formula is C18H31NO. The predicted molar refractivity (Wildman–Crippen MR) is 82.7 cm³/mol. The highest BCUT2D eigenvalue weighted by Gasteiger charge is 2.70. The molecule has 2 atom stereocenters. The van der Waals surface area contributed by atoms with Gasteiger partial charge in [-0.3, -0.25) is 9.69 Å². The Kier molecular flexibility index (Phi) is 3.32. The molecule has 3 aliphatic rings. The van der Waals surface area contributed by atoms with Gasteiger partial charge in [-0.25, -0.2) is 0 Å². The van der Waals surface area contributed by atoms with Crippen LogP contribution >= 0.6 is 0 Å². The molecule has 0 amide bonds. The summed E-state index contributed by atoms with van der Waals surface area (Å²) in [6.45, 7) is 10.0.